The van der Waals surface area contributed by atoms with Crippen molar-refractivity contribution >= 4 is 22.7 Å². The standard InChI is InChI=1S/C26H21NO6/c1-31-18-10-8-16(9-11-18)12-13-27-23(20-7-4-14-32-20)22(25(29)26(27)30)24(28)21-15-17-5-2-3-6-19(17)33-21/h2-11,14-15,23,29H,12-13H2,1H3. The van der Waals surface area contributed by atoms with Crippen LogP contribution in [-0.4, -0.2) is 35.4 Å². The van der Waals surface area contributed by atoms with Gasteiger partial charge in [0.25, 0.3) is 5.91 Å². The third kappa shape index (κ3) is 3.67. The number of fused-ring (bicyclic) bond motifs is 1. The summed E-state index contributed by atoms with van der Waals surface area (Å²) >= 11 is 0. The number of amides is 1. The second-order valence-corrected chi connectivity index (χ2v) is 7.75. The fourth-order valence-corrected chi connectivity index (χ4v) is 4.13. The average Bonchev–Trinajstić information content (AvgIpc) is 3.57. The first-order valence-corrected chi connectivity index (χ1v) is 10.5. The Balaban J connectivity index is 1.47. The lowest BCUT2D eigenvalue weighted by atomic mass is 9.99. The molecular formula is C26H21NO6. The van der Waals surface area contributed by atoms with Crippen molar-refractivity contribution in [3.63, 3.8) is 0 Å². The highest BCUT2D eigenvalue weighted by molar-refractivity contribution is 6.15. The summed E-state index contributed by atoms with van der Waals surface area (Å²) in [7, 11) is 1.60. The maximum Gasteiger partial charge on any atom is 0.290 e. The molecule has 0 saturated heterocycles. The number of ketones is 1. The molecule has 1 aliphatic rings. The van der Waals surface area contributed by atoms with Crippen LogP contribution < -0.4 is 4.74 Å². The summed E-state index contributed by atoms with van der Waals surface area (Å²) in [4.78, 5) is 27.9. The summed E-state index contributed by atoms with van der Waals surface area (Å²) in [5.41, 5.74) is 1.48. The number of hydrogen-bond donors (Lipinski definition) is 1. The predicted octanol–water partition coefficient (Wildman–Crippen LogP) is 4.86. The van der Waals surface area contributed by atoms with Gasteiger partial charge in [0.15, 0.2) is 11.5 Å². The first kappa shape index (κ1) is 20.6. The Labute approximate surface area is 189 Å². The van der Waals surface area contributed by atoms with E-state index >= 15 is 0 Å². The lowest BCUT2D eigenvalue weighted by Gasteiger charge is -2.24. The Kier molecular flexibility index (Phi) is 5.22. The molecule has 1 atom stereocenters. The number of rotatable bonds is 7. The Morgan fingerprint density at radius 2 is 1.88 bits per heavy atom. The summed E-state index contributed by atoms with van der Waals surface area (Å²) in [6.07, 6.45) is 1.99. The van der Waals surface area contributed by atoms with Crippen LogP contribution in [0.1, 0.15) is 27.9 Å². The number of aliphatic hydroxyl groups excluding tert-OH is 1. The highest BCUT2D eigenvalue weighted by Gasteiger charge is 2.45. The van der Waals surface area contributed by atoms with E-state index in [1.165, 1.54) is 11.2 Å². The van der Waals surface area contributed by atoms with Crippen molar-refractivity contribution in [1.29, 1.82) is 0 Å². The molecule has 1 N–H and O–H groups in total. The molecule has 4 aromatic rings. The number of para-hydroxylation sites is 1. The number of carbonyl (C=O) groups excluding carboxylic acids is 2. The third-order valence-corrected chi connectivity index (χ3v) is 5.81. The van der Waals surface area contributed by atoms with Crippen LogP contribution in [0, 0.1) is 0 Å². The number of benzene rings is 2. The molecule has 5 rings (SSSR count). The number of ether oxygens (including phenoxy) is 1. The van der Waals surface area contributed by atoms with E-state index < -0.39 is 23.5 Å². The van der Waals surface area contributed by atoms with E-state index in [0.717, 1.165) is 16.7 Å². The zero-order valence-electron chi connectivity index (χ0n) is 17.9. The smallest absolute Gasteiger partial charge is 0.290 e. The number of aliphatic hydroxyl groups is 1. The molecule has 7 nitrogen and oxygen atoms in total. The number of furan rings is 2. The molecule has 0 bridgehead atoms. The largest absolute Gasteiger partial charge is 0.503 e. The molecule has 1 amide bonds. The van der Waals surface area contributed by atoms with Crippen LogP contribution >= 0.6 is 0 Å². The van der Waals surface area contributed by atoms with Crippen molar-refractivity contribution in [2.45, 2.75) is 12.5 Å². The number of hydrogen-bond acceptors (Lipinski definition) is 6. The quantitative estimate of drug-likeness (QED) is 0.410. The Morgan fingerprint density at radius 3 is 2.58 bits per heavy atom. The Morgan fingerprint density at radius 1 is 1.09 bits per heavy atom. The number of Topliss-reactive ketones (excluding diaryl/α,β-unsaturated/α-hetero) is 1. The molecule has 1 aliphatic heterocycles. The summed E-state index contributed by atoms with van der Waals surface area (Å²) in [6, 6.07) is 18.9. The SMILES string of the molecule is COc1ccc(CCN2C(=O)C(O)=C(C(=O)c3cc4ccccc4o3)C2c2ccco2)cc1. The van der Waals surface area contributed by atoms with Gasteiger partial charge in [-0.25, -0.2) is 0 Å². The van der Waals surface area contributed by atoms with Gasteiger partial charge in [-0.05, 0) is 48.4 Å². The van der Waals surface area contributed by atoms with Gasteiger partial charge in [0.2, 0.25) is 5.78 Å². The first-order valence-electron chi connectivity index (χ1n) is 10.5. The van der Waals surface area contributed by atoms with E-state index in [9.17, 15) is 14.7 Å². The molecule has 0 aliphatic carbocycles. The molecule has 7 heteroatoms. The maximum absolute atomic E-state index is 13.4. The van der Waals surface area contributed by atoms with Crippen LogP contribution in [0.25, 0.3) is 11.0 Å². The van der Waals surface area contributed by atoms with E-state index in [1.54, 1.807) is 31.4 Å². The fraction of sp³-hybridized carbons (Fsp3) is 0.154. The minimum atomic E-state index is -0.855. The molecule has 2 aromatic carbocycles. The molecule has 33 heavy (non-hydrogen) atoms. The second-order valence-electron chi connectivity index (χ2n) is 7.75. The number of methoxy groups -OCH3 is 1. The first-order chi connectivity index (χ1) is 16.1. The second kappa shape index (κ2) is 8.35. The number of nitrogens with zero attached hydrogens (tertiary/aromatic N) is 1. The Bertz CT molecular complexity index is 1310. The van der Waals surface area contributed by atoms with Gasteiger partial charge < -0.3 is 23.6 Å². The zero-order chi connectivity index (χ0) is 22.9. The minimum Gasteiger partial charge on any atom is -0.503 e. The van der Waals surface area contributed by atoms with Gasteiger partial charge in [-0.15, -0.1) is 0 Å². The molecule has 0 spiro atoms. The molecule has 2 aromatic heterocycles. The van der Waals surface area contributed by atoms with E-state index in [4.69, 9.17) is 13.6 Å². The van der Waals surface area contributed by atoms with Gasteiger partial charge in [0.1, 0.15) is 23.1 Å². The van der Waals surface area contributed by atoms with Gasteiger partial charge >= 0.3 is 0 Å². The van der Waals surface area contributed by atoms with Gasteiger partial charge in [0, 0.05) is 11.9 Å². The van der Waals surface area contributed by atoms with Crippen LogP contribution in [-0.2, 0) is 11.2 Å². The van der Waals surface area contributed by atoms with Crippen molar-refractivity contribution in [2.75, 3.05) is 13.7 Å². The van der Waals surface area contributed by atoms with Crippen LogP contribution in [0.5, 0.6) is 5.75 Å². The van der Waals surface area contributed by atoms with Gasteiger partial charge in [0.05, 0.1) is 18.9 Å². The normalized spacial score (nSPS) is 16.1. The third-order valence-electron chi connectivity index (χ3n) is 5.81. The van der Waals surface area contributed by atoms with Crippen LogP contribution in [0.4, 0.5) is 0 Å². The van der Waals surface area contributed by atoms with Crippen molar-refractivity contribution in [2.24, 2.45) is 0 Å². The van der Waals surface area contributed by atoms with Crippen molar-refractivity contribution in [3.8, 4) is 5.75 Å². The van der Waals surface area contributed by atoms with E-state index in [-0.39, 0.29) is 17.9 Å². The lowest BCUT2D eigenvalue weighted by molar-refractivity contribution is -0.129. The molecular weight excluding hydrogens is 422 g/mol. The molecule has 1 unspecified atom stereocenters. The van der Waals surface area contributed by atoms with E-state index in [0.29, 0.717) is 17.8 Å². The van der Waals surface area contributed by atoms with Gasteiger partial charge in [-0.2, -0.15) is 0 Å². The summed E-state index contributed by atoms with van der Waals surface area (Å²) in [6.45, 7) is 0.275. The van der Waals surface area contributed by atoms with Gasteiger partial charge in [-0.3, -0.25) is 9.59 Å². The Hall–Kier alpha value is -4.26. The minimum absolute atomic E-state index is 0.0521. The van der Waals surface area contributed by atoms with Gasteiger partial charge in [-0.1, -0.05) is 30.3 Å². The van der Waals surface area contributed by atoms with Crippen LogP contribution in [0.2, 0.25) is 0 Å². The molecule has 0 saturated carbocycles. The zero-order valence-corrected chi connectivity index (χ0v) is 17.9. The van der Waals surface area contributed by atoms with Crippen molar-refractivity contribution < 1.29 is 28.3 Å². The summed E-state index contributed by atoms with van der Waals surface area (Å²) in [5.74, 6) is -0.574. The lowest BCUT2D eigenvalue weighted by Crippen LogP contribution is -2.32. The molecule has 166 valence electrons. The fourth-order valence-electron chi connectivity index (χ4n) is 4.13. The summed E-state index contributed by atoms with van der Waals surface area (Å²) in [5, 5.41) is 11.5. The molecule has 0 radical (unpaired) electrons. The maximum atomic E-state index is 13.4. The predicted molar refractivity (Wildman–Crippen MR) is 120 cm³/mol. The van der Waals surface area contributed by atoms with Crippen LogP contribution in [0.3, 0.4) is 0 Å². The van der Waals surface area contributed by atoms with E-state index in [1.807, 2.05) is 42.5 Å². The molecule has 0 fully saturated rings. The monoisotopic (exact) mass is 443 g/mol. The van der Waals surface area contributed by atoms with Crippen molar-refractivity contribution in [1.82, 2.24) is 4.90 Å². The van der Waals surface area contributed by atoms with E-state index in [2.05, 4.69) is 0 Å². The van der Waals surface area contributed by atoms with Crippen molar-refractivity contribution in [3.05, 3.63) is 101 Å². The summed E-state index contributed by atoms with van der Waals surface area (Å²) < 4.78 is 16.5. The van der Waals surface area contributed by atoms with Crippen LogP contribution in [0.15, 0.2) is 93.2 Å². The highest BCUT2D eigenvalue weighted by Crippen LogP contribution is 2.39. The average molecular weight is 443 g/mol. The molecule has 3 heterocycles. The topological polar surface area (TPSA) is 93.1 Å². The number of carbonyl (C=O) groups is 2. The highest BCUT2D eigenvalue weighted by atomic mass is 16.5.